The van der Waals surface area contributed by atoms with E-state index >= 15 is 0 Å². The third-order valence-electron chi connectivity index (χ3n) is 4.49. The van der Waals surface area contributed by atoms with Crippen LogP contribution in [0.25, 0.3) is 0 Å². The van der Waals surface area contributed by atoms with E-state index < -0.39 is 17.8 Å². The summed E-state index contributed by atoms with van der Waals surface area (Å²) in [7, 11) is 1.30. The molecule has 7 heteroatoms. The Morgan fingerprint density at radius 1 is 1.28 bits per heavy atom. The maximum atomic E-state index is 12.2. The van der Waals surface area contributed by atoms with E-state index in [0.29, 0.717) is 22.6 Å². The summed E-state index contributed by atoms with van der Waals surface area (Å²) in [5.41, 5.74) is 1.47. The van der Waals surface area contributed by atoms with E-state index in [4.69, 9.17) is 4.74 Å². The number of fused-ring (bicyclic) bond motifs is 1. The number of hydrogen-bond donors (Lipinski definition) is 1. The number of carbonyl (C=O) groups excluding carboxylic acids is 3. The van der Waals surface area contributed by atoms with E-state index in [1.165, 1.54) is 18.4 Å². The second-order valence-electron chi connectivity index (χ2n) is 7.15. The molecular formula is C18H22NO5S-. The number of rotatable bonds is 4. The zero-order valence-corrected chi connectivity index (χ0v) is 15.6. The van der Waals surface area contributed by atoms with Crippen LogP contribution >= 0.6 is 11.3 Å². The molecule has 136 valence electrons. The topological polar surface area (TPSA) is 95.5 Å². The second-order valence-corrected chi connectivity index (χ2v) is 8.25. The third kappa shape index (κ3) is 4.48. The number of esters is 1. The predicted octanol–water partition coefficient (Wildman–Crippen LogP) is 1.93. The maximum absolute atomic E-state index is 12.2. The molecule has 1 amide bonds. The quantitative estimate of drug-likeness (QED) is 0.651. The molecule has 1 aliphatic rings. The van der Waals surface area contributed by atoms with Gasteiger partial charge < -0.3 is 20.0 Å². The monoisotopic (exact) mass is 364 g/mol. The fourth-order valence-electron chi connectivity index (χ4n) is 3.03. The van der Waals surface area contributed by atoms with Gasteiger partial charge in [0.15, 0.2) is 0 Å². The summed E-state index contributed by atoms with van der Waals surface area (Å²) in [5.74, 6) is -2.08. The standard InChI is InChI=1S/C18H23NO5S/c1-18(2,3)10-5-6-11-12(9-10)25-16(15(11)17(23)24-4)19-13(20)7-8-14(21)22/h7-8,10H,5-6,9H2,1-4H3,(H,19,20)(H,21,22)/p-1/b8-7+/t10-/m1/s1. The number of ether oxygens (including phenoxy) is 1. The summed E-state index contributed by atoms with van der Waals surface area (Å²) in [6.07, 6.45) is 4.08. The highest BCUT2D eigenvalue weighted by atomic mass is 32.1. The van der Waals surface area contributed by atoms with Crippen LogP contribution in [-0.2, 0) is 27.2 Å². The van der Waals surface area contributed by atoms with Crippen LogP contribution in [0.2, 0.25) is 0 Å². The van der Waals surface area contributed by atoms with Crippen molar-refractivity contribution < 1.29 is 24.2 Å². The summed E-state index contributed by atoms with van der Waals surface area (Å²) >= 11 is 1.36. The molecule has 0 aliphatic heterocycles. The highest BCUT2D eigenvalue weighted by Crippen LogP contribution is 2.44. The Hall–Kier alpha value is -2.15. The number of anilines is 1. The van der Waals surface area contributed by atoms with Gasteiger partial charge in [0.2, 0.25) is 5.91 Å². The van der Waals surface area contributed by atoms with Crippen molar-refractivity contribution in [3.63, 3.8) is 0 Å². The molecule has 0 unspecified atom stereocenters. The molecular weight excluding hydrogens is 342 g/mol. The average molecular weight is 364 g/mol. The van der Waals surface area contributed by atoms with Crippen molar-refractivity contribution in [2.45, 2.75) is 40.0 Å². The molecule has 1 aliphatic carbocycles. The molecule has 0 radical (unpaired) electrons. The largest absolute Gasteiger partial charge is 0.545 e. The van der Waals surface area contributed by atoms with Gasteiger partial charge in [-0.15, -0.1) is 11.3 Å². The molecule has 1 aromatic heterocycles. The molecule has 6 nitrogen and oxygen atoms in total. The first kappa shape index (κ1) is 19.2. The average Bonchev–Trinajstić information content (AvgIpc) is 2.88. The van der Waals surface area contributed by atoms with Crippen LogP contribution in [0.5, 0.6) is 0 Å². The molecule has 1 aromatic rings. The maximum Gasteiger partial charge on any atom is 0.341 e. The molecule has 1 atom stereocenters. The van der Waals surface area contributed by atoms with Gasteiger partial charge in [-0.3, -0.25) is 4.79 Å². The molecule has 1 heterocycles. The highest BCUT2D eigenvalue weighted by molar-refractivity contribution is 7.17. The fourth-order valence-corrected chi connectivity index (χ4v) is 4.35. The molecule has 0 spiro atoms. The van der Waals surface area contributed by atoms with Crippen molar-refractivity contribution in [1.82, 2.24) is 0 Å². The fraction of sp³-hybridized carbons (Fsp3) is 0.500. The van der Waals surface area contributed by atoms with Crippen LogP contribution in [0.15, 0.2) is 12.2 Å². The molecule has 0 aromatic carbocycles. The van der Waals surface area contributed by atoms with E-state index in [-0.39, 0.29) is 5.41 Å². The SMILES string of the molecule is COC(=O)c1c(NC(=O)/C=C/C(=O)[O-])sc2c1CC[C@@H](C(C)(C)C)C2. The summed E-state index contributed by atoms with van der Waals surface area (Å²) in [4.78, 5) is 35.6. The van der Waals surface area contributed by atoms with E-state index in [2.05, 4.69) is 26.1 Å². The van der Waals surface area contributed by atoms with Crippen molar-refractivity contribution >= 4 is 34.2 Å². The van der Waals surface area contributed by atoms with E-state index in [1.807, 2.05) is 0 Å². The first-order valence-corrected chi connectivity index (χ1v) is 8.88. The van der Waals surface area contributed by atoms with Gasteiger partial charge in [0.1, 0.15) is 5.00 Å². The minimum absolute atomic E-state index is 0.160. The Morgan fingerprint density at radius 3 is 2.52 bits per heavy atom. The number of carboxylic acids is 1. The Bertz CT molecular complexity index is 727. The second kappa shape index (κ2) is 7.39. The minimum atomic E-state index is -1.46. The Balaban J connectivity index is 2.34. The van der Waals surface area contributed by atoms with E-state index in [1.54, 1.807) is 0 Å². The first-order chi connectivity index (χ1) is 11.6. The van der Waals surface area contributed by atoms with Crippen LogP contribution < -0.4 is 10.4 Å². The summed E-state index contributed by atoms with van der Waals surface area (Å²) in [5, 5.41) is 13.4. The predicted molar refractivity (Wildman–Crippen MR) is 93.4 cm³/mol. The number of carbonyl (C=O) groups is 3. The van der Waals surface area contributed by atoms with Crippen LogP contribution in [0.1, 0.15) is 48.0 Å². The van der Waals surface area contributed by atoms with Gasteiger partial charge in [-0.05, 0) is 42.2 Å². The number of nitrogens with one attached hydrogen (secondary N) is 1. The Labute approximate surface area is 150 Å². The molecule has 0 fully saturated rings. The van der Waals surface area contributed by atoms with Crippen LogP contribution in [0, 0.1) is 11.3 Å². The normalized spacial score (nSPS) is 17.2. The number of hydrogen-bond acceptors (Lipinski definition) is 6. The lowest BCUT2D eigenvalue weighted by Gasteiger charge is -2.33. The van der Waals surface area contributed by atoms with Gasteiger partial charge in [-0.2, -0.15) is 0 Å². The summed E-state index contributed by atoms with van der Waals surface area (Å²) in [6, 6.07) is 0. The lowest BCUT2D eigenvalue weighted by atomic mass is 9.72. The molecule has 2 rings (SSSR count). The molecule has 1 N–H and O–H groups in total. The smallest absolute Gasteiger partial charge is 0.341 e. The highest BCUT2D eigenvalue weighted by Gasteiger charge is 2.34. The Kier molecular flexibility index (Phi) is 5.67. The zero-order valence-electron chi connectivity index (χ0n) is 14.8. The van der Waals surface area contributed by atoms with Crippen LogP contribution in [0.3, 0.4) is 0 Å². The van der Waals surface area contributed by atoms with Crippen LogP contribution in [0.4, 0.5) is 5.00 Å². The van der Waals surface area contributed by atoms with Gasteiger partial charge in [-0.25, -0.2) is 4.79 Å². The molecule has 25 heavy (non-hydrogen) atoms. The Morgan fingerprint density at radius 2 is 1.96 bits per heavy atom. The number of aliphatic carboxylic acids is 1. The van der Waals surface area contributed by atoms with Crippen molar-refractivity contribution in [3.8, 4) is 0 Å². The van der Waals surface area contributed by atoms with Crippen molar-refractivity contribution in [2.24, 2.45) is 11.3 Å². The lowest BCUT2D eigenvalue weighted by Crippen LogP contribution is -2.26. The summed E-state index contributed by atoms with van der Waals surface area (Å²) < 4.78 is 4.87. The van der Waals surface area contributed by atoms with Gasteiger partial charge in [0, 0.05) is 11.0 Å². The third-order valence-corrected chi connectivity index (χ3v) is 5.66. The van der Waals surface area contributed by atoms with Gasteiger partial charge in [0.25, 0.3) is 0 Å². The summed E-state index contributed by atoms with van der Waals surface area (Å²) in [6.45, 7) is 6.60. The van der Waals surface area contributed by atoms with Crippen molar-refractivity contribution in [1.29, 1.82) is 0 Å². The van der Waals surface area contributed by atoms with E-state index in [9.17, 15) is 19.5 Å². The zero-order chi connectivity index (χ0) is 18.8. The van der Waals surface area contributed by atoms with Gasteiger partial charge in [0.05, 0.1) is 18.6 Å². The minimum Gasteiger partial charge on any atom is -0.545 e. The van der Waals surface area contributed by atoms with Gasteiger partial charge >= 0.3 is 5.97 Å². The molecule has 0 saturated heterocycles. The van der Waals surface area contributed by atoms with Crippen molar-refractivity contribution in [2.75, 3.05) is 12.4 Å². The molecule has 0 bridgehead atoms. The first-order valence-electron chi connectivity index (χ1n) is 8.06. The number of methoxy groups -OCH3 is 1. The van der Waals surface area contributed by atoms with E-state index in [0.717, 1.165) is 35.8 Å². The van der Waals surface area contributed by atoms with Crippen LogP contribution in [-0.4, -0.2) is 25.0 Å². The molecule has 0 saturated carbocycles. The number of amides is 1. The number of thiophene rings is 1. The van der Waals surface area contributed by atoms with Crippen molar-refractivity contribution in [3.05, 3.63) is 28.2 Å². The lowest BCUT2D eigenvalue weighted by molar-refractivity contribution is -0.297. The van der Waals surface area contributed by atoms with Gasteiger partial charge in [-0.1, -0.05) is 20.8 Å². The number of carboxylic acid groups (broad SMARTS) is 1.